The molecule has 0 bridgehead atoms. The summed E-state index contributed by atoms with van der Waals surface area (Å²) in [6.07, 6.45) is 3.28. The molecule has 1 atom stereocenters. The van der Waals surface area contributed by atoms with Crippen molar-refractivity contribution in [2.45, 2.75) is 45.6 Å². The normalized spacial score (nSPS) is 12.2. The smallest absolute Gasteiger partial charge is 0.220 e. The largest absolute Gasteiger partial charge is 0.356 e. The molecular weight excluding hydrogens is 224 g/mol. The standard InChI is InChI=1S/C15H24N2O/c1-12-6-3-4-8-14(12)9-10-15(18)17-11-5-7-13(2)16/h3-4,6,8,13H,5,7,9-11,16H2,1-2H3,(H,17,18). The Bertz CT molecular complexity index is 375. The molecule has 18 heavy (non-hydrogen) atoms. The summed E-state index contributed by atoms with van der Waals surface area (Å²) in [6.45, 7) is 4.80. The van der Waals surface area contributed by atoms with Crippen LogP contribution in [0.5, 0.6) is 0 Å². The number of hydrogen-bond donors (Lipinski definition) is 2. The van der Waals surface area contributed by atoms with Gasteiger partial charge in [0.25, 0.3) is 0 Å². The molecule has 0 spiro atoms. The SMILES string of the molecule is Cc1ccccc1CCC(=O)NCCCC(C)N. The molecule has 0 saturated carbocycles. The van der Waals surface area contributed by atoms with Gasteiger partial charge in [-0.1, -0.05) is 24.3 Å². The van der Waals surface area contributed by atoms with Gasteiger partial charge in [0, 0.05) is 19.0 Å². The fraction of sp³-hybridized carbons (Fsp3) is 0.533. The van der Waals surface area contributed by atoms with Crippen LogP contribution in [0.2, 0.25) is 0 Å². The third-order valence-corrected chi connectivity index (χ3v) is 3.04. The van der Waals surface area contributed by atoms with E-state index in [1.54, 1.807) is 0 Å². The van der Waals surface area contributed by atoms with Gasteiger partial charge in [-0.05, 0) is 44.2 Å². The Balaban J connectivity index is 2.19. The summed E-state index contributed by atoms with van der Waals surface area (Å²) in [5, 5.41) is 2.93. The monoisotopic (exact) mass is 248 g/mol. The first-order chi connectivity index (χ1) is 8.59. The van der Waals surface area contributed by atoms with Gasteiger partial charge in [0.2, 0.25) is 5.91 Å². The lowest BCUT2D eigenvalue weighted by Gasteiger charge is -2.08. The number of carbonyl (C=O) groups excluding carboxylic acids is 1. The number of carbonyl (C=O) groups is 1. The van der Waals surface area contributed by atoms with E-state index in [-0.39, 0.29) is 11.9 Å². The molecule has 0 aromatic heterocycles. The van der Waals surface area contributed by atoms with Gasteiger partial charge in [-0.25, -0.2) is 0 Å². The molecule has 1 aromatic rings. The van der Waals surface area contributed by atoms with Crippen molar-refractivity contribution in [3.05, 3.63) is 35.4 Å². The quantitative estimate of drug-likeness (QED) is 0.727. The van der Waals surface area contributed by atoms with E-state index in [2.05, 4.69) is 24.4 Å². The molecule has 100 valence electrons. The van der Waals surface area contributed by atoms with Crippen molar-refractivity contribution in [1.82, 2.24) is 5.32 Å². The Morgan fingerprint density at radius 1 is 1.39 bits per heavy atom. The van der Waals surface area contributed by atoms with Crippen molar-refractivity contribution in [2.24, 2.45) is 5.73 Å². The van der Waals surface area contributed by atoms with Crippen LogP contribution >= 0.6 is 0 Å². The van der Waals surface area contributed by atoms with E-state index in [1.165, 1.54) is 11.1 Å². The van der Waals surface area contributed by atoms with Crippen molar-refractivity contribution in [1.29, 1.82) is 0 Å². The first-order valence-corrected chi connectivity index (χ1v) is 6.66. The van der Waals surface area contributed by atoms with Crippen LogP contribution in [0.3, 0.4) is 0 Å². The van der Waals surface area contributed by atoms with Gasteiger partial charge in [0.05, 0.1) is 0 Å². The summed E-state index contributed by atoms with van der Waals surface area (Å²) in [4.78, 5) is 11.6. The second-order valence-corrected chi connectivity index (χ2v) is 4.90. The van der Waals surface area contributed by atoms with Crippen LogP contribution in [0, 0.1) is 6.92 Å². The van der Waals surface area contributed by atoms with Crippen molar-refractivity contribution in [3.8, 4) is 0 Å². The van der Waals surface area contributed by atoms with Crippen LogP contribution in [0.15, 0.2) is 24.3 Å². The molecule has 0 aliphatic rings. The van der Waals surface area contributed by atoms with Crippen molar-refractivity contribution >= 4 is 5.91 Å². The highest BCUT2D eigenvalue weighted by Gasteiger charge is 2.03. The summed E-state index contributed by atoms with van der Waals surface area (Å²) in [7, 11) is 0. The Hall–Kier alpha value is -1.35. The van der Waals surface area contributed by atoms with E-state index in [4.69, 9.17) is 5.73 Å². The fourth-order valence-electron chi connectivity index (χ4n) is 1.88. The molecule has 0 radical (unpaired) electrons. The molecule has 0 heterocycles. The molecule has 1 unspecified atom stereocenters. The van der Waals surface area contributed by atoms with Crippen LogP contribution in [0.25, 0.3) is 0 Å². The second kappa shape index (κ2) is 7.88. The minimum Gasteiger partial charge on any atom is -0.356 e. The maximum absolute atomic E-state index is 11.6. The molecule has 1 amide bonds. The Morgan fingerprint density at radius 3 is 2.78 bits per heavy atom. The molecule has 0 aliphatic carbocycles. The maximum Gasteiger partial charge on any atom is 0.220 e. The predicted octanol–water partition coefficient (Wildman–Crippen LogP) is 2.17. The van der Waals surface area contributed by atoms with Crippen molar-refractivity contribution in [2.75, 3.05) is 6.54 Å². The van der Waals surface area contributed by atoms with Gasteiger partial charge >= 0.3 is 0 Å². The summed E-state index contributed by atoms with van der Waals surface area (Å²) < 4.78 is 0. The highest BCUT2D eigenvalue weighted by Crippen LogP contribution is 2.09. The zero-order chi connectivity index (χ0) is 13.4. The van der Waals surface area contributed by atoms with Gasteiger partial charge in [0.1, 0.15) is 0 Å². The Labute approximate surface area is 110 Å². The number of nitrogens with one attached hydrogen (secondary N) is 1. The number of nitrogens with two attached hydrogens (primary N) is 1. The number of hydrogen-bond acceptors (Lipinski definition) is 2. The summed E-state index contributed by atoms with van der Waals surface area (Å²) in [5.74, 6) is 0.128. The zero-order valence-electron chi connectivity index (χ0n) is 11.4. The summed E-state index contributed by atoms with van der Waals surface area (Å²) >= 11 is 0. The van der Waals surface area contributed by atoms with E-state index in [1.807, 2.05) is 19.1 Å². The zero-order valence-corrected chi connectivity index (χ0v) is 11.4. The fourth-order valence-corrected chi connectivity index (χ4v) is 1.88. The minimum absolute atomic E-state index is 0.128. The highest BCUT2D eigenvalue weighted by molar-refractivity contribution is 5.76. The highest BCUT2D eigenvalue weighted by atomic mass is 16.1. The van der Waals surface area contributed by atoms with Crippen LogP contribution in [0.4, 0.5) is 0 Å². The molecule has 3 N–H and O–H groups in total. The van der Waals surface area contributed by atoms with Crippen LogP contribution in [-0.4, -0.2) is 18.5 Å². The predicted molar refractivity (Wildman–Crippen MR) is 75.4 cm³/mol. The van der Waals surface area contributed by atoms with Gasteiger partial charge in [-0.2, -0.15) is 0 Å². The lowest BCUT2D eigenvalue weighted by atomic mass is 10.0. The Morgan fingerprint density at radius 2 is 2.11 bits per heavy atom. The molecule has 0 saturated heterocycles. The summed E-state index contributed by atoms with van der Waals surface area (Å²) in [6, 6.07) is 8.42. The van der Waals surface area contributed by atoms with Crippen molar-refractivity contribution in [3.63, 3.8) is 0 Å². The third-order valence-electron chi connectivity index (χ3n) is 3.04. The van der Waals surface area contributed by atoms with E-state index >= 15 is 0 Å². The average molecular weight is 248 g/mol. The maximum atomic E-state index is 11.6. The molecule has 1 aromatic carbocycles. The topological polar surface area (TPSA) is 55.1 Å². The second-order valence-electron chi connectivity index (χ2n) is 4.90. The number of rotatable bonds is 7. The van der Waals surface area contributed by atoms with E-state index in [0.29, 0.717) is 6.42 Å². The molecular formula is C15H24N2O. The van der Waals surface area contributed by atoms with E-state index in [9.17, 15) is 4.79 Å². The van der Waals surface area contributed by atoms with E-state index in [0.717, 1.165) is 25.8 Å². The first-order valence-electron chi connectivity index (χ1n) is 6.66. The molecule has 3 heteroatoms. The number of aryl methyl sites for hydroxylation is 2. The molecule has 1 rings (SSSR count). The lowest BCUT2D eigenvalue weighted by Crippen LogP contribution is -2.26. The number of benzene rings is 1. The van der Waals surface area contributed by atoms with E-state index < -0.39 is 0 Å². The van der Waals surface area contributed by atoms with Gasteiger partial charge in [-0.3, -0.25) is 4.79 Å². The van der Waals surface area contributed by atoms with Crippen LogP contribution < -0.4 is 11.1 Å². The first kappa shape index (κ1) is 14.7. The van der Waals surface area contributed by atoms with Crippen molar-refractivity contribution < 1.29 is 4.79 Å². The van der Waals surface area contributed by atoms with Gasteiger partial charge in [-0.15, -0.1) is 0 Å². The summed E-state index contributed by atoms with van der Waals surface area (Å²) in [5.41, 5.74) is 8.15. The average Bonchev–Trinajstić information content (AvgIpc) is 2.33. The molecule has 3 nitrogen and oxygen atoms in total. The number of amides is 1. The lowest BCUT2D eigenvalue weighted by molar-refractivity contribution is -0.121. The van der Waals surface area contributed by atoms with Gasteiger partial charge < -0.3 is 11.1 Å². The van der Waals surface area contributed by atoms with Gasteiger partial charge in [0.15, 0.2) is 0 Å². The molecule has 0 aliphatic heterocycles. The minimum atomic E-state index is 0.128. The Kier molecular flexibility index (Phi) is 6.44. The third kappa shape index (κ3) is 5.82. The molecule has 0 fully saturated rings. The van der Waals surface area contributed by atoms with Crippen LogP contribution in [-0.2, 0) is 11.2 Å². The van der Waals surface area contributed by atoms with Crippen LogP contribution in [0.1, 0.15) is 37.3 Å².